The lowest BCUT2D eigenvalue weighted by Gasteiger charge is -2.13. The molecule has 3 rings (SSSR count). The van der Waals surface area contributed by atoms with Crippen LogP contribution in [0.4, 0.5) is 28.8 Å². The molecule has 0 spiro atoms. The molecule has 9 nitrogen and oxygen atoms in total. The van der Waals surface area contributed by atoms with Crippen molar-refractivity contribution < 1.29 is 14.5 Å². The van der Waals surface area contributed by atoms with Crippen molar-refractivity contribution in [2.24, 2.45) is 0 Å². The molecule has 0 aliphatic heterocycles. The van der Waals surface area contributed by atoms with E-state index in [0.717, 1.165) is 0 Å². The van der Waals surface area contributed by atoms with E-state index >= 15 is 0 Å². The Morgan fingerprint density at radius 1 is 1.07 bits per heavy atom. The third-order valence-electron chi connectivity index (χ3n) is 4.15. The van der Waals surface area contributed by atoms with Gasteiger partial charge in [-0.25, -0.2) is 4.98 Å². The number of ketones is 1. The van der Waals surface area contributed by atoms with E-state index in [1.165, 1.54) is 21.0 Å². The van der Waals surface area contributed by atoms with E-state index < -0.39 is 4.92 Å². The average molecular weight is 393 g/mol. The van der Waals surface area contributed by atoms with Gasteiger partial charge in [0.1, 0.15) is 11.4 Å². The van der Waals surface area contributed by atoms with Crippen LogP contribution in [-0.2, 0) is 0 Å². The zero-order valence-corrected chi connectivity index (χ0v) is 16.1. The fourth-order valence-corrected chi connectivity index (χ4v) is 2.72. The van der Waals surface area contributed by atoms with Crippen molar-refractivity contribution in [1.82, 2.24) is 9.97 Å². The van der Waals surface area contributed by atoms with E-state index in [0.29, 0.717) is 22.7 Å². The molecule has 0 amide bonds. The van der Waals surface area contributed by atoms with Crippen LogP contribution in [0.1, 0.15) is 23.0 Å². The first-order valence-electron chi connectivity index (χ1n) is 8.70. The second kappa shape index (κ2) is 8.34. The molecule has 0 aliphatic carbocycles. The summed E-state index contributed by atoms with van der Waals surface area (Å²) in [6.45, 7) is 3.03. The molecule has 0 fully saturated rings. The molecule has 0 unspecified atom stereocenters. The van der Waals surface area contributed by atoms with E-state index in [-0.39, 0.29) is 28.9 Å². The molecular weight excluding hydrogens is 374 g/mol. The number of hydrogen-bond donors (Lipinski definition) is 2. The summed E-state index contributed by atoms with van der Waals surface area (Å²) in [5.41, 5.74) is 1.73. The van der Waals surface area contributed by atoms with Crippen LogP contribution in [0.15, 0.2) is 48.5 Å². The number of rotatable bonds is 7. The van der Waals surface area contributed by atoms with Crippen LogP contribution in [0, 0.1) is 17.0 Å². The van der Waals surface area contributed by atoms with Crippen molar-refractivity contribution in [3.63, 3.8) is 0 Å². The standard InChI is InChI=1S/C20H19N5O4/c1-12-18(25(27)28)19(23-16-6-4-5-7-17(16)29-3)24-20(21-12)22-15-10-8-14(9-11-15)13(2)26/h4-11H,1-3H3,(H2,21,22,23,24). The minimum absolute atomic E-state index is 0.0369. The third kappa shape index (κ3) is 4.46. The Bertz CT molecular complexity index is 1070. The average Bonchev–Trinajstić information content (AvgIpc) is 2.68. The second-order valence-electron chi connectivity index (χ2n) is 6.17. The molecule has 9 heteroatoms. The molecule has 0 saturated carbocycles. The first-order chi connectivity index (χ1) is 13.9. The van der Waals surface area contributed by atoms with Crippen LogP contribution in [0.5, 0.6) is 5.75 Å². The number of nitro groups is 1. The molecule has 3 aromatic rings. The summed E-state index contributed by atoms with van der Waals surface area (Å²) in [7, 11) is 1.51. The van der Waals surface area contributed by atoms with Gasteiger partial charge in [0.15, 0.2) is 5.78 Å². The molecule has 148 valence electrons. The maximum atomic E-state index is 11.6. The molecule has 0 radical (unpaired) electrons. The summed E-state index contributed by atoms with van der Waals surface area (Å²) in [6.07, 6.45) is 0. The van der Waals surface area contributed by atoms with Gasteiger partial charge < -0.3 is 15.4 Å². The van der Waals surface area contributed by atoms with Crippen molar-refractivity contribution in [2.75, 3.05) is 17.7 Å². The van der Waals surface area contributed by atoms with Gasteiger partial charge in [-0.2, -0.15) is 4.98 Å². The number of aromatic nitrogens is 2. The summed E-state index contributed by atoms with van der Waals surface area (Å²) in [4.78, 5) is 30.9. The molecule has 1 aromatic heterocycles. The Kier molecular flexibility index (Phi) is 5.68. The van der Waals surface area contributed by atoms with Crippen molar-refractivity contribution in [1.29, 1.82) is 0 Å². The quantitative estimate of drug-likeness (QED) is 0.344. The van der Waals surface area contributed by atoms with Gasteiger partial charge >= 0.3 is 5.69 Å². The number of anilines is 4. The van der Waals surface area contributed by atoms with E-state index in [1.54, 1.807) is 48.5 Å². The number of aryl methyl sites for hydroxylation is 1. The fraction of sp³-hybridized carbons (Fsp3) is 0.150. The highest BCUT2D eigenvalue weighted by Crippen LogP contribution is 2.33. The maximum absolute atomic E-state index is 11.6. The number of methoxy groups -OCH3 is 1. The van der Waals surface area contributed by atoms with E-state index in [9.17, 15) is 14.9 Å². The molecule has 0 atom stereocenters. The number of hydrogen-bond acceptors (Lipinski definition) is 8. The summed E-state index contributed by atoms with van der Waals surface area (Å²) >= 11 is 0. The predicted octanol–water partition coefficient (Wildman–Crippen LogP) is 4.39. The lowest BCUT2D eigenvalue weighted by atomic mass is 10.1. The second-order valence-corrected chi connectivity index (χ2v) is 6.17. The summed E-state index contributed by atoms with van der Waals surface area (Å²) in [5.74, 6) is 0.700. The normalized spacial score (nSPS) is 10.3. The van der Waals surface area contributed by atoms with E-state index in [2.05, 4.69) is 20.6 Å². The summed E-state index contributed by atoms with van der Waals surface area (Å²) in [6, 6.07) is 13.8. The van der Waals surface area contributed by atoms with Crippen molar-refractivity contribution in [3.8, 4) is 5.75 Å². The molecule has 2 aromatic carbocycles. The monoisotopic (exact) mass is 393 g/mol. The number of benzene rings is 2. The molecule has 2 N–H and O–H groups in total. The number of para-hydroxylation sites is 2. The lowest BCUT2D eigenvalue weighted by Crippen LogP contribution is -2.08. The Morgan fingerprint density at radius 3 is 2.38 bits per heavy atom. The van der Waals surface area contributed by atoms with Gasteiger partial charge in [0.2, 0.25) is 11.8 Å². The van der Waals surface area contributed by atoms with Gasteiger partial charge in [-0.05, 0) is 50.2 Å². The minimum Gasteiger partial charge on any atom is -0.495 e. The smallest absolute Gasteiger partial charge is 0.332 e. The molecule has 0 bridgehead atoms. The Hall–Kier alpha value is -4.01. The van der Waals surface area contributed by atoms with Gasteiger partial charge in [-0.1, -0.05) is 12.1 Å². The Balaban J connectivity index is 1.97. The first-order valence-corrected chi connectivity index (χ1v) is 8.70. The SMILES string of the molecule is COc1ccccc1Nc1nc(Nc2ccc(C(C)=O)cc2)nc(C)c1[N+](=O)[O-]. The topological polar surface area (TPSA) is 119 Å². The molecule has 1 heterocycles. The molecule has 0 saturated heterocycles. The van der Waals surface area contributed by atoms with E-state index in [4.69, 9.17) is 4.74 Å². The lowest BCUT2D eigenvalue weighted by molar-refractivity contribution is -0.385. The summed E-state index contributed by atoms with van der Waals surface area (Å²) in [5, 5.41) is 17.5. The van der Waals surface area contributed by atoms with Crippen molar-refractivity contribution in [2.45, 2.75) is 13.8 Å². The maximum Gasteiger partial charge on any atom is 0.332 e. The number of carbonyl (C=O) groups is 1. The number of Topliss-reactive ketones (excluding diaryl/α,β-unsaturated/α-hetero) is 1. The highest BCUT2D eigenvalue weighted by molar-refractivity contribution is 5.94. The van der Waals surface area contributed by atoms with Gasteiger partial charge in [-0.15, -0.1) is 0 Å². The largest absolute Gasteiger partial charge is 0.495 e. The van der Waals surface area contributed by atoms with Crippen LogP contribution < -0.4 is 15.4 Å². The van der Waals surface area contributed by atoms with Gasteiger partial charge in [0.25, 0.3) is 0 Å². The molecule has 29 heavy (non-hydrogen) atoms. The predicted molar refractivity (Wildman–Crippen MR) is 109 cm³/mol. The van der Waals surface area contributed by atoms with Gasteiger partial charge in [-0.3, -0.25) is 14.9 Å². The van der Waals surface area contributed by atoms with Crippen molar-refractivity contribution >= 4 is 34.6 Å². The van der Waals surface area contributed by atoms with E-state index in [1.807, 2.05) is 0 Å². The number of nitrogens with one attached hydrogen (secondary N) is 2. The van der Waals surface area contributed by atoms with Crippen LogP contribution in [0.25, 0.3) is 0 Å². The third-order valence-corrected chi connectivity index (χ3v) is 4.15. The minimum atomic E-state index is -0.529. The summed E-state index contributed by atoms with van der Waals surface area (Å²) < 4.78 is 5.29. The zero-order valence-electron chi connectivity index (χ0n) is 16.1. The highest BCUT2D eigenvalue weighted by Gasteiger charge is 2.23. The Morgan fingerprint density at radius 2 is 1.76 bits per heavy atom. The first kappa shape index (κ1) is 19.7. The Labute approximate surface area is 166 Å². The van der Waals surface area contributed by atoms with Crippen LogP contribution >= 0.6 is 0 Å². The van der Waals surface area contributed by atoms with Gasteiger partial charge in [0, 0.05) is 11.3 Å². The number of carbonyl (C=O) groups excluding carboxylic acids is 1. The molecular formula is C20H19N5O4. The van der Waals surface area contributed by atoms with Crippen LogP contribution in [0.3, 0.4) is 0 Å². The molecule has 0 aliphatic rings. The fourth-order valence-electron chi connectivity index (χ4n) is 2.72. The highest BCUT2D eigenvalue weighted by atomic mass is 16.6. The number of nitrogens with zero attached hydrogens (tertiary/aromatic N) is 3. The zero-order chi connectivity index (χ0) is 21.0. The van der Waals surface area contributed by atoms with Gasteiger partial charge in [0.05, 0.1) is 17.7 Å². The number of ether oxygens (including phenoxy) is 1. The van der Waals surface area contributed by atoms with Crippen molar-refractivity contribution in [3.05, 3.63) is 69.9 Å². The van der Waals surface area contributed by atoms with Crippen LogP contribution in [-0.4, -0.2) is 27.8 Å². The van der Waals surface area contributed by atoms with Crippen LogP contribution in [0.2, 0.25) is 0 Å².